The summed E-state index contributed by atoms with van der Waals surface area (Å²) in [4.78, 5) is 11.9. The van der Waals surface area contributed by atoms with Crippen LogP contribution in [0.4, 0.5) is 4.79 Å². The summed E-state index contributed by atoms with van der Waals surface area (Å²) in [6, 6.07) is 11.3. The first-order chi connectivity index (χ1) is 14.6. The minimum absolute atomic E-state index is 0.0931. The van der Waals surface area contributed by atoms with Gasteiger partial charge >= 0.3 is 6.09 Å². The third-order valence-corrected chi connectivity index (χ3v) is 5.65. The second kappa shape index (κ2) is 9.11. The molecule has 166 valence electrons. The number of hydrogen-bond donors (Lipinski definition) is 1. The first-order valence-electron chi connectivity index (χ1n) is 9.98. The molecule has 0 fully saturated rings. The maximum absolute atomic E-state index is 12.1. The molecule has 31 heavy (non-hydrogen) atoms. The van der Waals surface area contributed by atoms with Gasteiger partial charge in [0.2, 0.25) is 0 Å². The van der Waals surface area contributed by atoms with Crippen molar-refractivity contribution in [3.63, 3.8) is 0 Å². The van der Waals surface area contributed by atoms with Gasteiger partial charge in [-0.05, 0) is 68.1 Å². The van der Waals surface area contributed by atoms with E-state index in [9.17, 15) is 13.2 Å². The molecule has 0 saturated carbocycles. The van der Waals surface area contributed by atoms with Crippen LogP contribution >= 0.6 is 0 Å². The molecule has 0 aliphatic carbocycles. The molecule has 1 N–H and O–H groups in total. The first kappa shape index (κ1) is 22.8. The second-order valence-corrected chi connectivity index (χ2v) is 9.82. The summed E-state index contributed by atoms with van der Waals surface area (Å²) in [6.45, 7) is 7.46. The Morgan fingerprint density at radius 2 is 1.87 bits per heavy atom. The van der Waals surface area contributed by atoms with Crippen molar-refractivity contribution in [3.05, 3.63) is 60.1 Å². The van der Waals surface area contributed by atoms with E-state index in [1.807, 2.05) is 51.1 Å². The Hall–Kier alpha value is -2.84. The Labute approximate surface area is 182 Å². The molecule has 0 aliphatic rings. The van der Waals surface area contributed by atoms with Crippen LogP contribution < -0.4 is 5.32 Å². The Morgan fingerprint density at radius 3 is 2.58 bits per heavy atom. The van der Waals surface area contributed by atoms with Crippen LogP contribution in [0.3, 0.4) is 0 Å². The Bertz CT molecular complexity index is 1170. The van der Waals surface area contributed by atoms with Crippen molar-refractivity contribution in [2.24, 2.45) is 0 Å². The van der Waals surface area contributed by atoms with Crippen LogP contribution in [0.25, 0.3) is 21.9 Å². The van der Waals surface area contributed by atoms with Gasteiger partial charge in [-0.3, -0.25) is 4.18 Å². The number of carbonyl (C=O) groups excluding carboxylic acids is 1. The van der Waals surface area contributed by atoms with Crippen molar-refractivity contribution in [3.8, 4) is 11.1 Å². The van der Waals surface area contributed by atoms with Crippen molar-refractivity contribution >= 4 is 27.0 Å². The third kappa shape index (κ3) is 6.32. The summed E-state index contributed by atoms with van der Waals surface area (Å²) in [5.41, 5.74) is 2.64. The zero-order chi connectivity index (χ0) is 22.6. The number of benzene rings is 2. The molecular weight excluding hydrogens is 418 g/mol. The van der Waals surface area contributed by atoms with Crippen LogP contribution in [0.15, 0.2) is 53.3 Å². The molecule has 0 radical (unpaired) electrons. The van der Waals surface area contributed by atoms with Gasteiger partial charge in [0.15, 0.2) is 0 Å². The number of carbonyl (C=O) groups is 1. The molecule has 3 rings (SSSR count). The van der Waals surface area contributed by atoms with Crippen LogP contribution in [0, 0.1) is 0 Å². The van der Waals surface area contributed by atoms with Gasteiger partial charge in [-0.25, -0.2) is 4.79 Å². The topological polar surface area (TPSA) is 94.8 Å². The van der Waals surface area contributed by atoms with Crippen LogP contribution in [-0.2, 0) is 31.3 Å². The van der Waals surface area contributed by atoms with E-state index in [0.29, 0.717) is 12.1 Å². The van der Waals surface area contributed by atoms with Gasteiger partial charge in [-0.15, -0.1) is 0 Å². The highest BCUT2D eigenvalue weighted by molar-refractivity contribution is 7.85. The highest BCUT2D eigenvalue weighted by atomic mass is 32.2. The lowest BCUT2D eigenvalue weighted by atomic mass is 9.97. The normalized spacial score (nSPS) is 12.1. The number of ether oxygens (including phenoxy) is 1. The van der Waals surface area contributed by atoms with Crippen LogP contribution in [-0.4, -0.2) is 26.7 Å². The predicted molar refractivity (Wildman–Crippen MR) is 119 cm³/mol. The van der Waals surface area contributed by atoms with Crippen molar-refractivity contribution in [1.29, 1.82) is 0 Å². The largest absolute Gasteiger partial charge is 0.471 e. The molecule has 0 atom stereocenters. The van der Waals surface area contributed by atoms with E-state index in [0.717, 1.165) is 27.5 Å². The molecule has 1 amide bonds. The van der Waals surface area contributed by atoms with Crippen molar-refractivity contribution in [2.45, 2.75) is 45.6 Å². The summed E-state index contributed by atoms with van der Waals surface area (Å²) < 4.78 is 39.8. The number of alkyl carbamates (subject to hydrolysis) is 1. The zero-order valence-electron chi connectivity index (χ0n) is 18.1. The van der Waals surface area contributed by atoms with E-state index in [-0.39, 0.29) is 12.4 Å². The molecule has 2 aromatic carbocycles. The van der Waals surface area contributed by atoms with E-state index in [1.165, 1.54) is 0 Å². The summed E-state index contributed by atoms with van der Waals surface area (Å²) in [5, 5.41) is 4.42. The second-order valence-electron chi connectivity index (χ2n) is 8.18. The molecule has 1 heterocycles. The monoisotopic (exact) mass is 445 g/mol. The molecule has 8 heteroatoms. The van der Waals surface area contributed by atoms with Crippen LogP contribution in [0.2, 0.25) is 0 Å². The highest BCUT2D eigenvalue weighted by Gasteiger charge is 2.17. The maximum atomic E-state index is 12.1. The zero-order valence-corrected chi connectivity index (χ0v) is 18.9. The molecule has 0 unspecified atom stereocenters. The van der Waals surface area contributed by atoms with Gasteiger partial charge in [-0.1, -0.05) is 18.2 Å². The minimum atomic E-state index is -3.67. The van der Waals surface area contributed by atoms with Crippen molar-refractivity contribution in [1.82, 2.24) is 5.32 Å². The standard InChI is InChI=1S/C23H27NO6S/c1-5-29-31(26,27)15-17-10-19-13-28-14-21(19)20(11-17)18-8-6-7-16(9-18)12-24-22(25)30-23(2,3)4/h6-11,13-14H,5,12,15H2,1-4H3,(H,24,25). The number of hydrogen-bond acceptors (Lipinski definition) is 6. The van der Waals surface area contributed by atoms with E-state index in [4.69, 9.17) is 13.3 Å². The van der Waals surface area contributed by atoms with Gasteiger partial charge in [0, 0.05) is 17.3 Å². The fraction of sp³-hybridized carbons (Fsp3) is 0.348. The Morgan fingerprint density at radius 1 is 1.10 bits per heavy atom. The third-order valence-electron chi connectivity index (χ3n) is 4.37. The Kier molecular flexibility index (Phi) is 6.71. The molecular formula is C23H27NO6S. The summed E-state index contributed by atoms with van der Waals surface area (Å²) in [5.74, 6) is -0.227. The number of rotatable bonds is 7. The lowest BCUT2D eigenvalue weighted by molar-refractivity contribution is 0.0523. The molecule has 7 nitrogen and oxygen atoms in total. The van der Waals surface area contributed by atoms with Crippen molar-refractivity contribution < 1.29 is 26.5 Å². The number of nitrogens with one attached hydrogen (secondary N) is 1. The van der Waals surface area contributed by atoms with Crippen molar-refractivity contribution in [2.75, 3.05) is 6.61 Å². The summed E-state index contributed by atoms with van der Waals surface area (Å²) >= 11 is 0. The fourth-order valence-electron chi connectivity index (χ4n) is 3.23. The number of furan rings is 1. The number of amides is 1. The van der Waals surface area contributed by atoms with Gasteiger partial charge in [0.1, 0.15) is 11.4 Å². The van der Waals surface area contributed by atoms with E-state index < -0.39 is 21.8 Å². The van der Waals surface area contributed by atoms with Gasteiger partial charge in [0.05, 0.1) is 19.1 Å². The van der Waals surface area contributed by atoms with E-state index in [1.54, 1.807) is 25.5 Å². The number of fused-ring (bicyclic) bond motifs is 1. The Balaban J connectivity index is 1.88. The first-order valence-corrected chi connectivity index (χ1v) is 11.6. The summed E-state index contributed by atoms with van der Waals surface area (Å²) in [6.07, 6.45) is 2.74. The maximum Gasteiger partial charge on any atom is 0.407 e. The average Bonchev–Trinajstić information content (AvgIpc) is 3.12. The average molecular weight is 446 g/mol. The van der Waals surface area contributed by atoms with Crippen LogP contribution in [0.1, 0.15) is 38.8 Å². The van der Waals surface area contributed by atoms with E-state index >= 15 is 0 Å². The quantitative estimate of drug-likeness (QED) is 0.515. The molecule has 3 aromatic rings. The summed E-state index contributed by atoms with van der Waals surface area (Å²) in [7, 11) is -3.67. The molecule has 0 saturated heterocycles. The highest BCUT2D eigenvalue weighted by Crippen LogP contribution is 2.32. The van der Waals surface area contributed by atoms with Gasteiger partial charge in [-0.2, -0.15) is 8.42 Å². The van der Waals surface area contributed by atoms with E-state index in [2.05, 4.69) is 5.32 Å². The molecule has 0 bridgehead atoms. The molecule has 1 aromatic heterocycles. The smallest absolute Gasteiger partial charge is 0.407 e. The SMILES string of the molecule is CCOS(=O)(=O)Cc1cc(-c2cccc(CNC(=O)OC(C)(C)C)c2)c2cocc2c1. The van der Waals surface area contributed by atoms with Gasteiger partial charge in [0.25, 0.3) is 10.1 Å². The lowest BCUT2D eigenvalue weighted by Gasteiger charge is -2.19. The fourth-order valence-corrected chi connectivity index (χ4v) is 4.24. The van der Waals surface area contributed by atoms with Crippen LogP contribution in [0.5, 0.6) is 0 Å². The molecule has 0 spiro atoms. The predicted octanol–water partition coefficient (Wildman–Crippen LogP) is 4.99. The molecule has 0 aliphatic heterocycles. The lowest BCUT2D eigenvalue weighted by Crippen LogP contribution is -2.32. The minimum Gasteiger partial charge on any atom is -0.471 e. The van der Waals surface area contributed by atoms with Gasteiger partial charge < -0.3 is 14.5 Å².